The fraction of sp³-hybridized carbons (Fsp3) is 0.471. The average molecular weight is 297 g/mol. The Morgan fingerprint density at radius 2 is 1.59 bits per heavy atom. The standard InChI is InChI=1S/C17H23N5/c1-11(2)21(12(3)4)10-22-17-16(13(5)20-22)18-14-8-6-7-9-15(14)19-17/h6-9,11-12H,10H2,1-5H3. The van der Waals surface area contributed by atoms with Gasteiger partial charge in [-0.1, -0.05) is 12.1 Å². The van der Waals surface area contributed by atoms with Crippen molar-refractivity contribution >= 4 is 22.2 Å². The Morgan fingerprint density at radius 1 is 1.00 bits per heavy atom. The van der Waals surface area contributed by atoms with E-state index in [-0.39, 0.29) is 0 Å². The second kappa shape index (κ2) is 5.65. The number of para-hydroxylation sites is 2. The molecule has 0 N–H and O–H groups in total. The molecule has 0 saturated heterocycles. The molecule has 2 aromatic heterocycles. The van der Waals surface area contributed by atoms with E-state index in [0.29, 0.717) is 12.1 Å². The highest BCUT2D eigenvalue weighted by Gasteiger charge is 2.18. The van der Waals surface area contributed by atoms with Gasteiger partial charge < -0.3 is 0 Å². The van der Waals surface area contributed by atoms with Gasteiger partial charge in [0.15, 0.2) is 5.65 Å². The molecule has 22 heavy (non-hydrogen) atoms. The molecule has 5 heteroatoms. The van der Waals surface area contributed by atoms with Crippen molar-refractivity contribution in [3.8, 4) is 0 Å². The zero-order valence-electron chi connectivity index (χ0n) is 13.9. The van der Waals surface area contributed by atoms with Crippen LogP contribution in [0, 0.1) is 6.92 Å². The van der Waals surface area contributed by atoms with Crippen LogP contribution in [0.1, 0.15) is 33.4 Å². The van der Waals surface area contributed by atoms with Crippen LogP contribution in [0.2, 0.25) is 0 Å². The lowest BCUT2D eigenvalue weighted by Crippen LogP contribution is -2.38. The van der Waals surface area contributed by atoms with Crippen molar-refractivity contribution in [2.24, 2.45) is 0 Å². The molecule has 1 aromatic carbocycles. The maximum atomic E-state index is 4.78. The molecule has 0 spiro atoms. The van der Waals surface area contributed by atoms with E-state index in [1.165, 1.54) is 0 Å². The molecule has 5 nitrogen and oxygen atoms in total. The molecule has 0 radical (unpaired) electrons. The van der Waals surface area contributed by atoms with Crippen LogP contribution in [0.4, 0.5) is 0 Å². The van der Waals surface area contributed by atoms with Crippen LogP contribution < -0.4 is 0 Å². The normalized spacial score (nSPS) is 12.4. The Hall–Kier alpha value is -2.01. The Bertz CT molecular complexity index is 795. The number of benzene rings is 1. The first kappa shape index (κ1) is 14.9. The van der Waals surface area contributed by atoms with Gasteiger partial charge in [0.05, 0.1) is 23.4 Å². The van der Waals surface area contributed by atoms with Gasteiger partial charge >= 0.3 is 0 Å². The summed E-state index contributed by atoms with van der Waals surface area (Å²) < 4.78 is 1.98. The third-order valence-corrected chi connectivity index (χ3v) is 4.03. The van der Waals surface area contributed by atoms with Gasteiger partial charge in [-0.2, -0.15) is 5.10 Å². The molecule has 0 fully saturated rings. The molecular formula is C17H23N5. The smallest absolute Gasteiger partial charge is 0.178 e. The van der Waals surface area contributed by atoms with E-state index < -0.39 is 0 Å². The summed E-state index contributed by atoms with van der Waals surface area (Å²) in [5, 5.41) is 4.67. The van der Waals surface area contributed by atoms with E-state index in [0.717, 1.165) is 34.6 Å². The van der Waals surface area contributed by atoms with Crippen LogP contribution in [0.5, 0.6) is 0 Å². The summed E-state index contributed by atoms with van der Waals surface area (Å²) in [6.45, 7) is 11.6. The fourth-order valence-electron chi connectivity index (χ4n) is 2.87. The zero-order chi connectivity index (χ0) is 15.9. The molecule has 0 aliphatic heterocycles. The Balaban J connectivity index is 2.12. The molecule has 0 saturated carbocycles. The van der Waals surface area contributed by atoms with Crippen LogP contribution in [-0.4, -0.2) is 36.7 Å². The Labute approximate surface area is 131 Å². The average Bonchev–Trinajstić information content (AvgIpc) is 2.78. The van der Waals surface area contributed by atoms with Gasteiger partial charge in [-0.25, -0.2) is 14.6 Å². The van der Waals surface area contributed by atoms with Crippen molar-refractivity contribution in [3.05, 3.63) is 30.0 Å². The highest BCUT2D eigenvalue weighted by Crippen LogP contribution is 2.19. The molecule has 0 aliphatic rings. The molecule has 0 bridgehead atoms. The molecule has 2 heterocycles. The molecule has 3 rings (SSSR count). The summed E-state index contributed by atoms with van der Waals surface area (Å²) in [7, 11) is 0. The van der Waals surface area contributed by atoms with Crippen molar-refractivity contribution in [2.75, 3.05) is 0 Å². The molecule has 0 amide bonds. The molecule has 116 valence electrons. The number of hydrogen-bond donors (Lipinski definition) is 0. The maximum absolute atomic E-state index is 4.78. The first-order chi connectivity index (χ1) is 10.5. The monoisotopic (exact) mass is 297 g/mol. The van der Waals surface area contributed by atoms with Crippen molar-refractivity contribution in [1.82, 2.24) is 24.6 Å². The van der Waals surface area contributed by atoms with E-state index in [9.17, 15) is 0 Å². The molecule has 0 aliphatic carbocycles. The minimum absolute atomic E-state index is 0.452. The highest BCUT2D eigenvalue weighted by atomic mass is 15.4. The van der Waals surface area contributed by atoms with Crippen LogP contribution in [0.3, 0.4) is 0 Å². The lowest BCUT2D eigenvalue weighted by Gasteiger charge is -2.30. The largest absolute Gasteiger partial charge is 0.279 e. The number of aromatic nitrogens is 4. The molecule has 0 unspecified atom stereocenters. The summed E-state index contributed by atoms with van der Waals surface area (Å²) >= 11 is 0. The van der Waals surface area contributed by atoms with Crippen molar-refractivity contribution in [2.45, 2.75) is 53.4 Å². The zero-order valence-corrected chi connectivity index (χ0v) is 13.9. The lowest BCUT2D eigenvalue weighted by atomic mass is 10.2. The van der Waals surface area contributed by atoms with E-state index in [2.05, 4.69) is 37.7 Å². The van der Waals surface area contributed by atoms with Gasteiger partial charge in [0.1, 0.15) is 5.52 Å². The number of fused-ring (bicyclic) bond motifs is 2. The third kappa shape index (κ3) is 2.57. The number of rotatable bonds is 4. The summed E-state index contributed by atoms with van der Waals surface area (Å²) in [4.78, 5) is 11.9. The quantitative estimate of drug-likeness (QED) is 0.741. The van der Waals surface area contributed by atoms with E-state index in [1.807, 2.05) is 35.9 Å². The summed E-state index contributed by atoms with van der Waals surface area (Å²) in [6.07, 6.45) is 0. The summed E-state index contributed by atoms with van der Waals surface area (Å²) in [5.74, 6) is 0. The Morgan fingerprint density at radius 3 is 2.18 bits per heavy atom. The molecule has 3 aromatic rings. The van der Waals surface area contributed by atoms with Gasteiger partial charge in [-0.3, -0.25) is 4.90 Å². The number of hydrogen-bond acceptors (Lipinski definition) is 4. The van der Waals surface area contributed by atoms with Gasteiger partial charge in [-0.15, -0.1) is 0 Å². The summed E-state index contributed by atoms with van der Waals surface area (Å²) in [6, 6.07) is 8.87. The van der Waals surface area contributed by atoms with Crippen molar-refractivity contribution in [3.63, 3.8) is 0 Å². The first-order valence-corrected chi connectivity index (χ1v) is 7.83. The fourth-order valence-corrected chi connectivity index (χ4v) is 2.87. The Kier molecular flexibility index (Phi) is 3.83. The van der Waals surface area contributed by atoms with Crippen LogP contribution >= 0.6 is 0 Å². The second-order valence-corrected chi connectivity index (χ2v) is 6.31. The third-order valence-electron chi connectivity index (χ3n) is 4.03. The molecular weight excluding hydrogens is 274 g/mol. The molecule has 0 atom stereocenters. The van der Waals surface area contributed by atoms with E-state index in [1.54, 1.807) is 0 Å². The van der Waals surface area contributed by atoms with E-state index in [4.69, 9.17) is 9.97 Å². The van der Waals surface area contributed by atoms with Crippen LogP contribution in [0.15, 0.2) is 24.3 Å². The van der Waals surface area contributed by atoms with E-state index >= 15 is 0 Å². The predicted molar refractivity (Wildman–Crippen MR) is 89.7 cm³/mol. The predicted octanol–water partition coefficient (Wildman–Crippen LogP) is 3.36. The minimum Gasteiger partial charge on any atom is -0.279 e. The van der Waals surface area contributed by atoms with Gasteiger partial charge in [0.25, 0.3) is 0 Å². The summed E-state index contributed by atoms with van der Waals surface area (Å²) in [5.41, 5.74) is 4.52. The SMILES string of the molecule is Cc1nn(CN(C(C)C)C(C)C)c2nc3ccccc3nc12. The van der Waals surface area contributed by atoms with Gasteiger partial charge in [0, 0.05) is 12.1 Å². The topological polar surface area (TPSA) is 46.8 Å². The number of nitrogens with zero attached hydrogens (tertiary/aromatic N) is 5. The van der Waals surface area contributed by atoms with Crippen LogP contribution in [0.25, 0.3) is 22.2 Å². The highest BCUT2D eigenvalue weighted by molar-refractivity contribution is 5.85. The minimum atomic E-state index is 0.452. The lowest BCUT2D eigenvalue weighted by molar-refractivity contribution is 0.125. The van der Waals surface area contributed by atoms with Crippen LogP contribution in [-0.2, 0) is 6.67 Å². The van der Waals surface area contributed by atoms with Gasteiger partial charge in [-0.05, 0) is 46.8 Å². The first-order valence-electron chi connectivity index (χ1n) is 7.83. The van der Waals surface area contributed by atoms with Gasteiger partial charge in [0.2, 0.25) is 0 Å². The number of aryl methyl sites for hydroxylation is 1. The maximum Gasteiger partial charge on any atom is 0.178 e. The second-order valence-electron chi connectivity index (χ2n) is 6.31. The van der Waals surface area contributed by atoms with Crippen molar-refractivity contribution < 1.29 is 0 Å². The van der Waals surface area contributed by atoms with Crippen molar-refractivity contribution in [1.29, 1.82) is 0 Å².